The van der Waals surface area contributed by atoms with Gasteiger partial charge in [-0.05, 0) is 65.1 Å². The zero-order valence-corrected chi connectivity index (χ0v) is 22.1. The zero-order valence-electron chi connectivity index (χ0n) is 21.3. The number of fused-ring (bicyclic) bond motifs is 4. The molecule has 0 radical (unpaired) electrons. The fraction of sp³-hybridized carbons (Fsp3) is 0.125. The van der Waals surface area contributed by atoms with E-state index in [9.17, 15) is 19.2 Å². The molecule has 2 N–H and O–H groups in total. The molecule has 2 amide bonds. The summed E-state index contributed by atoms with van der Waals surface area (Å²) in [6, 6.07) is 27.4. The number of anilines is 2. The van der Waals surface area contributed by atoms with Gasteiger partial charge in [0.1, 0.15) is 0 Å². The van der Waals surface area contributed by atoms with Gasteiger partial charge in [-0.1, -0.05) is 54.6 Å². The van der Waals surface area contributed by atoms with Crippen LogP contribution in [0.3, 0.4) is 0 Å². The molecule has 1 aliphatic heterocycles. The zero-order chi connectivity index (χ0) is 27.6. The summed E-state index contributed by atoms with van der Waals surface area (Å²) in [5.74, 6) is -1.41. The highest BCUT2D eigenvalue weighted by molar-refractivity contribution is 8.01. The van der Waals surface area contributed by atoms with Gasteiger partial charge in [0.15, 0.2) is 6.61 Å². The lowest BCUT2D eigenvalue weighted by Crippen LogP contribution is -2.32. The average Bonchev–Trinajstić information content (AvgIpc) is 3.35. The molecule has 1 aliphatic carbocycles. The summed E-state index contributed by atoms with van der Waals surface area (Å²) in [4.78, 5) is 51.5. The number of thioether (sulfide) groups is 1. The van der Waals surface area contributed by atoms with Crippen LogP contribution in [0.15, 0.2) is 95.9 Å². The second-order valence-corrected chi connectivity index (χ2v) is 10.8. The first kappa shape index (κ1) is 25.6. The minimum Gasteiger partial charge on any atom is -0.454 e. The summed E-state index contributed by atoms with van der Waals surface area (Å²) in [6.45, 7) is -0.367. The first-order chi connectivity index (χ1) is 19.5. The summed E-state index contributed by atoms with van der Waals surface area (Å²) in [7, 11) is 0. The number of carbonyl (C=O) groups is 4. The largest absolute Gasteiger partial charge is 0.454 e. The molecule has 1 unspecified atom stereocenters. The average molecular weight is 549 g/mol. The molecule has 1 atom stereocenters. The van der Waals surface area contributed by atoms with Gasteiger partial charge in [0.25, 0.3) is 0 Å². The molecule has 7 nitrogen and oxygen atoms in total. The third kappa shape index (κ3) is 5.13. The van der Waals surface area contributed by atoms with Crippen molar-refractivity contribution in [1.29, 1.82) is 0 Å². The normalized spacial score (nSPS) is 14.8. The van der Waals surface area contributed by atoms with Crippen molar-refractivity contribution in [1.82, 2.24) is 0 Å². The number of esters is 1. The fourth-order valence-corrected chi connectivity index (χ4v) is 6.12. The quantitative estimate of drug-likeness (QED) is 0.199. The lowest BCUT2D eigenvalue weighted by molar-refractivity contribution is -0.120. The summed E-state index contributed by atoms with van der Waals surface area (Å²) < 4.78 is 5.32. The molecule has 0 spiro atoms. The Balaban J connectivity index is 1.03. The molecule has 6 rings (SSSR count). The van der Waals surface area contributed by atoms with Gasteiger partial charge >= 0.3 is 5.97 Å². The van der Waals surface area contributed by atoms with Crippen molar-refractivity contribution in [3.63, 3.8) is 0 Å². The lowest BCUT2D eigenvalue weighted by Gasteiger charge is -2.23. The maximum absolute atomic E-state index is 13.0. The van der Waals surface area contributed by atoms with E-state index in [0.717, 1.165) is 27.3 Å². The third-order valence-electron chi connectivity index (χ3n) is 6.97. The van der Waals surface area contributed by atoms with Crippen molar-refractivity contribution in [3.8, 4) is 11.1 Å². The molecule has 0 aromatic heterocycles. The van der Waals surface area contributed by atoms with Crippen LogP contribution in [0.4, 0.5) is 11.4 Å². The van der Waals surface area contributed by atoms with E-state index in [0.29, 0.717) is 17.7 Å². The number of carbonyl (C=O) groups excluding carboxylic acids is 4. The second-order valence-electron chi connectivity index (χ2n) is 9.59. The number of rotatable bonds is 7. The van der Waals surface area contributed by atoms with Gasteiger partial charge < -0.3 is 15.4 Å². The molecule has 0 saturated carbocycles. The summed E-state index contributed by atoms with van der Waals surface area (Å²) in [6.07, 6.45) is 0.678. The Morgan fingerprint density at radius 2 is 1.62 bits per heavy atom. The number of nitrogens with one attached hydrogen (secondary N) is 2. The molecule has 40 heavy (non-hydrogen) atoms. The van der Waals surface area contributed by atoms with E-state index < -0.39 is 11.2 Å². The van der Waals surface area contributed by atoms with Crippen molar-refractivity contribution in [2.75, 3.05) is 17.2 Å². The van der Waals surface area contributed by atoms with E-state index in [1.54, 1.807) is 18.2 Å². The first-order valence-electron chi connectivity index (χ1n) is 12.8. The number of para-hydroxylation sites is 1. The highest BCUT2D eigenvalue weighted by Gasteiger charge is 2.29. The van der Waals surface area contributed by atoms with Crippen LogP contribution in [0.2, 0.25) is 0 Å². The van der Waals surface area contributed by atoms with Crippen LogP contribution in [-0.2, 0) is 20.7 Å². The molecule has 0 fully saturated rings. The Kier molecular flexibility index (Phi) is 6.92. The number of hydrogen-bond donors (Lipinski definition) is 2. The minimum absolute atomic E-state index is 0.00497. The number of amides is 2. The number of benzene rings is 4. The molecule has 0 bridgehead atoms. The van der Waals surface area contributed by atoms with Crippen LogP contribution in [-0.4, -0.2) is 35.4 Å². The highest BCUT2D eigenvalue weighted by Crippen LogP contribution is 2.38. The van der Waals surface area contributed by atoms with Crippen LogP contribution in [0.1, 0.15) is 38.3 Å². The van der Waals surface area contributed by atoms with E-state index in [4.69, 9.17) is 4.74 Å². The molecular formula is C32H24N2O5S. The van der Waals surface area contributed by atoms with Gasteiger partial charge in [-0.2, -0.15) is 0 Å². The van der Waals surface area contributed by atoms with Crippen molar-refractivity contribution >= 4 is 46.7 Å². The minimum atomic E-state index is -0.629. The van der Waals surface area contributed by atoms with Gasteiger partial charge in [-0.3, -0.25) is 14.4 Å². The lowest BCUT2D eigenvalue weighted by atomic mass is 9.99. The Labute approximate surface area is 234 Å². The first-order valence-corrected chi connectivity index (χ1v) is 13.7. The number of hydrogen-bond acceptors (Lipinski definition) is 6. The van der Waals surface area contributed by atoms with Crippen LogP contribution >= 0.6 is 11.8 Å². The molecule has 8 heteroatoms. The van der Waals surface area contributed by atoms with Crippen LogP contribution in [0, 0.1) is 0 Å². The van der Waals surface area contributed by atoms with E-state index in [-0.39, 0.29) is 36.2 Å². The number of ether oxygens (including phenoxy) is 1. The van der Waals surface area contributed by atoms with E-state index >= 15 is 0 Å². The molecule has 4 aromatic carbocycles. The van der Waals surface area contributed by atoms with Crippen LogP contribution < -0.4 is 10.6 Å². The van der Waals surface area contributed by atoms with Gasteiger partial charge in [0, 0.05) is 22.6 Å². The maximum atomic E-state index is 13.0. The molecule has 4 aromatic rings. The summed E-state index contributed by atoms with van der Waals surface area (Å²) in [5, 5.41) is 5.06. The predicted octanol–water partition coefficient (Wildman–Crippen LogP) is 5.74. The molecule has 198 valence electrons. The topological polar surface area (TPSA) is 102 Å². The predicted molar refractivity (Wildman–Crippen MR) is 154 cm³/mol. The number of Topliss-reactive ketones (excluding diaryl/α,β-unsaturated/α-hetero) is 1. The van der Waals surface area contributed by atoms with Gasteiger partial charge in [-0.15, -0.1) is 11.8 Å². The third-order valence-corrected chi connectivity index (χ3v) is 8.24. The van der Waals surface area contributed by atoms with E-state index in [1.165, 1.54) is 29.5 Å². The van der Waals surface area contributed by atoms with Crippen LogP contribution in [0.25, 0.3) is 11.1 Å². The Bertz CT molecular complexity index is 1660. The maximum Gasteiger partial charge on any atom is 0.338 e. The van der Waals surface area contributed by atoms with Crippen molar-refractivity contribution in [3.05, 3.63) is 113 Å². The molecule has 1 heterocycles. The monoisotopic (exact) mass is 548 g/mol. The molecular weight excluding hydrogens is 524 g/mol. The highest BCUT2D eigenvalue weighted by atomic mass is 32.2. The summed E-state index contributed by atoms with van der Waals surface area (Å²) in [5.41, 5.74) is 6.35. The SMILES string of the molecule is O=C(CC1Sc2ccccc2NC1=O)Nc1ccc(C(=O)OCC(=O)c2cccc3c2Cc2ccccc2-3)cc1. The Morgan fingerprint density at radius 3 is 2.48 bits per heavy atom. The Morgan fingerprint density at radius 1 is 0.875 bits per heavy atom. The molecule has 2 aliphatic rings. The smallest absolute Gasteiger partial charge is 0.338 e. The summed E-state index contributed by atoms with van der Waals surface area (Å²) >= 11 is 1.36. The Hall–Kier alpha value is -4.69. The van der Waals surface area contributed by atoms with Gasteiger partial charge in [0.2, 0.25) is 17.6 Å². The van der Waals surface area contributed by atoms with Gasteiger partial charge in [-0.25, -0.2) is 4.79 Å². The molecule has 0 saturated heterocycles. The van der Waals surface area contributed by atoms with Crippen molar-refractivity contribution < 1.29 is 23.9 Å². The van der Waals surface area contributed by atoms with E-state index in [2.05, 4.69) is 16.7 Å². The van der Waals surface area contributed by atoms with E-state index in [1.807, 2.05) is 54.6 Å². The van der Waals surface area contributed by atoms with Crippen molar-refractivity contribution in [2.45, 2.75) is 23.0 Å². The number of ketones is 1. The fourth-order valence-electron chi connectivity index (χ4n) is 5.01. The van der Waals surface area contributed by atoms with Crippen LogP contribution in [0.5, 0.6) is 0 Å². The van der Waals surface area contributed by atoms with Crippen molar-refractivity contribution in [2.24, 2.45) is 0 Å². The van der Waals surface area contributed by atoms with Gasteiger partial charge in [0.05, 0.1) is 16.5 Å². The standard InChI is InChI=1S/C32H24N2O5S/c35-27(24-9-5-8-23-22-7-2-1-6-20(22)16-25(23)24)18-39-32(38)19-12-14-21(15-13-19)33-30(36)17-29-31(37)34-26-10-3-4-11-28(26)40-29/h1-15,29H,16-18H2,(H,33,36)(H,34,37). The second kappa shape index (κ2) is 10.8.